The summed E-state index contributed by atoms with van der Waals surface area (Å²) in [7, 11) is 4.42. The number of aromatic amines is 1. The number of hydrogen-bond acceptors (Lipinski definition) is 8. The van der Waals surface area contributed by atoms with Crippen LogP contribution >= 0.6 is 11.8 Å². The first-order valence-electron chi connectivity index (χ1n) is 8.80. The first-order chi connectivity index (χ1) is 14.5. The lowest BCUT2D eigenvalue weighted by molar-refractivity contribution is -0.113. The fourth-order valence-electron chi connectivity index (χ4n) is 2.58. The molecule has 3 aromatic rings. The van der Waals surface area contributed by atoms with Crippen molar-refractivity contribution in [2.75, 3.05) is 32.4 Å². The summed E-state index contributed by atoms with van der Waals surface area (Å²) in [4.78, 5) is 28.5. The number of methoxy groups -OCH3 is 3. The highest BCUT2D eigenvalue weighted by Crippen LogP contribution is 2.28. The van der Waals surface area contributed by atoms with Crippen molar-refractivity contribution in [1.29, 1.82) is 0 Å². The van der Waals surface area contributed by atoms with Gasteiger partial charge in [-0.3, -0.25) is 9.89 Å². The Morgan fingerprint density at radius 3 is 2.43 bits per heavy atom. The quantitative estimate of drug-likeness (QED) is 0.416. The lowest BCUT2D eigenvalue weighted by atomic mass is 10.2. The van der Waals surface area contributed by atoms with Gasteiger partial charge in [-0.25, -0.2) is 9.78 Å². The molecule has 0 radical (unpaired) electrons. The number of nitrogens with one attached hydrogen (secondary N) is 2. The summed E-state index contributed by atoms with van der Waals surface area (Å²) in [5.41, 5.74) is 1.40. The van der Waals surface area contributed by atoms with E-state index < -0.39 is 5.97 Å². The van der Waals surface area contributed by atoms with E-state index in [0.717, 1.165) is 17.3 Å². The second kappa shape index (κ2) is 9.79. The second-order valence-electron chi connectivity index (χ2n) is 5.94. The summed E-state index contributed by atoms with van der Waals surface area (Å²) < 4.78 is 15.3. The minimum atomic E-state index is -0.522. The second-order valence-corrected chi connectivity index (χ2v) is 6.88. The molecule has 0 aliphatic carbocycles. The number of para-hydroxylation sites is 1. The van der Waals surface area contributed by atoms with Gasteiger partial charge in [0.1, 0.15) is 11.5 Å². The topological polar surface area (TPSA) is 115 Å². The molecular formula is C20H20N4O5S. The number of aromatic nitrogens is 3. The van der Waals surface area contributed by atoms with Crippen LogP contribution in [0, 0.1) is 0 Å². The molecule has 30 heavy (non-hydrogen) atoms. The summed E-state index contributed by atoms with van der Waals surface area (Å²) >= 11 is 1.16. The first kappa shape index (κ1) is 21.2. The molecule has 0 atom stereocenters. The van der Waals surface area contributed by atoms with E-state index in [1.807, 2.05) is 0 Å². The molecule has 1 aromatic heterocycles. The maximum Gasteiger partial charge on any atom is 0.339 e. The minimum absolute atomic E-state index is 0.0637. The molecule has 1 amide bonds. The van der Waals surface area contributed by atoms with E-state index in [1.165, 1.54) is 7.11 Å². The van der Waals surface area contributed by atoms with Gasteiger partial charge >= 0.3 is 5.97 Å². The van der Waals surface area contributed by atoms with E-state index in [1.54, 1.807) is 56.7 Å². The van der Waals surface area contributed by atoms with Crippen LogP contribution in [0.25, 0.3) is 11.4 Å². The van der Waals surface area contributed by atoms with Crippen LogP contribution in [-0.2, 0) is 9.53 Å². The number of carbonyl (C=O) groups excluding carboxylic acids is 2. The number of carbonyl (C=O) groups is 2. The fourth-order valence-corrected chi connectivity index (χ4v) is 3.18. The van der Waals surface area contributed by atoms with Gasteiger partial charge in [0, 0.05) is 11.6 Å². The number of amides is 1. The van der Waals surface area contributed by atoms with Gasteiger partial charge in [-0.15, -0.1) is 5.10 Å². The molecule has 10 heteroatoms. The van der Waals surface area contributed by atoms with Crippen LogP contribution < -0.4 is 14.8 Å². The predicted octanol–water partition coefficient (Wildman–Crippen LogP) is 3.01. The maximum atomic E-state index is 12.3. The molecule has 0 saturated carbocycles. The molecular weight excluding hydrogens is 408 g/mol. The van der Waals surface area contributed by atoms with Crippen molar-refractivity contribution in [3.63, 3.8) is 0 Å². The first-order valence-corrected chi connectivity index (χ1v) is 9.78. The summed E-state index contributed by atoms with van der Waals surface area (Å²) in [6, 6.07) is 12.0. The number of thioether (sulfide) groups is 1. The molecule has 0 aliphatic heterocycles. The van der Waals surface area contributed by atoms with Crippen LogP contribution in [0.1, 0.15) is 10.4 Å². The Morgan fingerprint density at radius 2 is 1.77 bits per heavy atom. The number of hydrogen-bond donors (Lipinski definition) is 2. The highest BCUT2D eigenvalue weighted by Gasteiger charge is 2.15. The van der Waals surface area contributed by atoms with Crippen LogP contribution in [-0.4, -0.2) is 54.1 Å². The van der Waals surface area contributed by atoms with Crippen LogP contribution in [0.4, 0.5) is 5.69 Å². The van der Waals surface area contributed by atoms with E-state index >= 15 is 0 Å². The van der Waals surface area contributed by atoms with Crippen molar-refractivity contribution in [2.45, 2.75) is 5.16 Å². The number of ether oxygens (including phenoxy) is 3. The summed E-state index contributed by atoms with van der Waals surface area (Å²) in [5.74, 6) is 1.01. The smallest absolute Gasteiger partial charge is 0.339 e. The largest absolute Gasteiger partial charge is 0.497 e. The average molecular weight is 428 g/mol. The van der Waals surface area contributed by atoms with Gasteiger partial charge in [-0.1, -0.05) is 23.9 Å². The van der Waals surface area contributed by atoms with Gasteiger partial charge in [0.2, 0.25) is 11.1 Å². The standard InChI is InChI=1S/C20H20N4O5S/c1-27-13-8-12(9-14(10-13)28-2)18-22-20(24-23-18)30-11-17(25)21-16-7-5-4-6-15(16)19(26)29-3/h4-10H,11H2,1-3H3,(H,21,25)(H,22,23,24). The zero-order valence-electron chi connectivity index (χ0n) is 16.6. The molecule has 2 N–H and O–H groups in total. The Kier molecular flexibility index (Phi) is 6.91. The molecule has 0 unspecified atom stereocenters. The zero-order chi connectivity index (χ0) is 21.5. The molecule has 0 bridgehead atoms. The highest BCUT2D eigenvalue weighted by atomic mass is 32.2. The Labute approximate surface area is 177 Å². The fraction of sp³-hybridized carbons (Fsp3) is 0.200. The Morgan fingerprint density at radius 1 is 1.07 bits per heavy atom. The van der Waals surface area contributed by atoms with E-state index in [9.17, 15) is 9.59 Å². The normalized spacial score (nSPS) is 10.4. The number of esters is 1. The average Bonchev–Trinajstić information content (AvgIpc) is 3.26. The summed E-state index contributed by atoms with van der Waals surface area (Å²) in [5, 5.41) is 10.1. The van der Waals surface area contributed by atoms with Gasteiger partial charge in [-0.05, 0) is 24.3 Å². The molecule has 9 nitrogen and oxygen atoms in total. The lowest BCUT2D eigenvalue weighted by Crippen LogP contribution is -2.17. The van der Waals surface area contributed by atoms with Gasteiger partial charge in [0.25, 0.3) is 0 Å². The Bertz CT molecular complexity index is 1030. The SMILES string of the molecule is COC(=O)c1ccccc1NC(=O)CSc1n[nH]c(-c2cc(OC)cc(OC)c2)n1. The van der Waals surface area contributed by atoms with Crippen molar-refractivity contribution in [2.24, 2.45) is 0 Å². The zero-order valence-corrected chi connectivity index (χ0v) is 17.4. The van der Waals surface area contributed by atoms with Crippen molar-refractivity contribution >= 4 is 29.3 Å². The molecule has 3 rings (SSSR count). The van der Waals surface area contributed by atoms with E-state index in [-0.39, 0.29) is 17.2 Å². The number of rotatable bonds is 8. The maximum absolute atomic E-state index is 12.3. The van der Waals surface area contributed by atoms with E-state index in [0.29, 0.717) is 28.2 Å². The molecule has 0 saturated heterocycles. The monoisotopic (exact) mass is 428 g/mol. The molecule has 156 valence electrons. The van der Waals surface area contributed by atoms with Gasteiger partial charge in [0.05, 0.1) is 38.3 Å². The molecule has 2 aromatic carbocycles. The predicted molar refractivity (Wildman–Crippen MR) is 112 cm³/mol. The van der Waals surface area contributed by atoms with Crippen molar-refractivity contribution in [1.82, 2.24) is 15.2 Å². The summed E-state index contributed by atoms with van der Waals surface area (Å²) in [6.45, 7) is 0. The summed E-state index contributed by atoms with van der Waals surface area (Å²) in [6.07, 6.45) is 0. The van der Waals surface area contributed by atoms with Crippen LogP contribution in [0.2, 0.25) is 0 Å². The van der Waals surface area contributed by atoms with Gasteiger partial charge in [-0.2, -0.15) is 0 Å². The third kappa shape index (κ3) is 5.09. The minimum Gasteiger partial charge on any atom is -0.497 e. The lowest BCUT2D eigenvalue weighted by Gasteiger charge is -2.08. The van der Waals surface area contributed by atoms with Gasteiger partial charge in [0.15, 0.2) is 5.82 Å². The number of benzene rings is 2. The highest BCUT2D eigenvalue weighted by molar-refractivity contribution is 7.99. The number of anilines is 1. The van der Waals surface area contributed by atoms with Crippen molar-refractivity contribution < 1.29 is 23.8 Å². The van der Waals surface area contributed by atoms with Crippen LogP contribution in [0.3, 0.4) is 0 Å². The molecule has 0 fully saturated rings. The number of H-pyrrole nitrogens is 1. The van der Waals surface area contributed by atoms with Crippen LogP contribution in [0.5, 0.6) is 11.5 Å². The molecule has 0 spiro atoms. The van der Waals surface area contributed by atoms with Crippen LogP contribution in [0.15, 0.2) is 47.6 Å². The van der Waals surface area contributed by atoms with Crippen molar-refractivity contribution in [3.8, 4) is 22.9 Å². The van der Waals surface area contributed by atoms with Crippen molar-refractivity contribution in [3.05, 3.63) is 48.0 Å². The Hall–Kier alpha value is -3.53. The van der Waals surface area contributed by atoms with E-state index in [4.69, 9.17) is 14.2 Å². The molecule has 1 heterocycles. The number of nitrogens with zero attached hydrogens (tertiary/aromatic N) is 2. The Balaban J connectivity index is 1.65. The third-order valence-corrected chi connectivity index (χ3v) is 4.88. The third-order valence-electron chi connectivity index (χ3n) is 4.03. The van der Waals surface area contributed by atoms with Gasteiger partial charge < -0.3 is 19.5 Å². The van der Waals surface area contributed by atoms with E-state index in [2.05, 4.69) is 20.5 Å². The molecule has 0 aliphatic rings.